The van der Waals surface area contributed by atoms with Gasteiger partial charge in [-0.2, -0.15) is 10.2 Å². The lowest BCUT2D eigenvalue weighted by Gasteiger charge is -2.10. The van der Waals surface area contributed by atoms with E-state index in [9.17, 15) is 0 Å². The van der Waals surface area contributed by atoms with Gasteiger partial charge in [0, 0.05) is 12.7 Å². The van der Waals surface area contributed by atoms with Crippen LogP contribution in [0.25, 0.3) is 0 Å². The molecule has 23 heavy (non-hydrogen) atoms. The third kappa shape index (κ3) is 4.44. The van der Waals surface area contributed by atoms with Crippen LogP contribution in [0.4, 0.5) is 0 Å². The molecule has 1 aromatic heterocycles. The Morgan fingerprint density at radius 3 is 2.74 bits per heavy atom. The Morgan fingerprint density at radius 2 is 2.04 bits per heavy atom. The van der Waals surface area contributed by atoms with Crippen LogP contribution < -0.4 is 9.47 Å². The van der Waals surface area contributed by atoms with Gasteiger partial charge in [0.1, 0.15) is 6.10 Å². The van der Waals surface area contributed by atoms with Gasteiger partial charge in [-0.05, 0) is 32.9 Å². The van der Waals surface area contributed by atoms with E-state index >= 15 is 0 Å². The first kappa shape index (κ1) is 16.8. The highest BCUT2D eigenvalue weighted by molar-refractivity contribution is 5.46. The van der Waals surface area contributed by atoms with E-state index in [1.54, 1.807) is 18.2 Å². The number of hydrogen-bond acceptors (Lipinski definition) is 7. The van der Waals surface area contributed by atoms with Crippen molar-refractivity contribution in [3.05, 3.63) is 35.5 Å². The fourth-order valence-corrected chi connectivity index (χ4v) is 1.92. The average molecular weight is 317 g/mol. The Hall–Kier alpha value is -2.59. The predicted molar refractivity (Wildman–Crippen MR) is 81.0 cm³/mol. The van der Waals surface area contributed by atoms with Crippen molar-refractivity contribution in [2.75, 3.05) is 13.2 Å². The minimum Gasteiger partial charge on any atom is -0.490 e. The number of hydrogen-bond donors (Lipinski definition) is 0. The summed E-state index contributed by atoms with van der Waals surface area (Å²) in [5.74, 6) is 1.85. The van der Waals surface area contributed by atoms with Crippen LogP contribution in [-0.4, -0.2) is 23.4 Å². The lowest BCUT2D eigenvalue weighted by molar-refractivity contribution is 0.0683. The van der Waals surface area contributed by atoms with Gasteiger partial charge in [-0.25, -0.2) is 0 Å². The smallest absolute Gasteiger partial charge is 0.264 e. The molecule has 0 aliphatic rings. The van der Waals surface area contributed by atoms with Crippen LogP contribution in [0, 0.1) is 11.3 Å². The summed E-state index contributed by atoms with van der Waals surface area (Å²) < 4.78 is 21.7. The van der Waals surface area contributed by atoms with Crippen molar-refractivity contribution in [2.24, 2.45) is 0 Å². The topological polar surface area (TPSA) is 90.4 Å². The molecule has 1 atom stereocenters. The maximum absolute atomic E-state index is 8.94. The van der Waals surface area contributed by atoms with E-state index in [0.29, 0.717) is 42.0 Å². The maximum Gasteiger partial charge on any atom is 0.264 e. The number of nitrogens with zero attached hydrogens (tertiary/aromatic N) is 3. The van der Waals surface area contributed by atoms with Crippen LogP contribution in [0.2, 0.25) is 0 Å². The number of aromatic nitrogens is 2. The molecule has 1 aromatic carbocycles. The second kappa shape index (κ2) is 8.15. The molecule has 0 amide bonds. The van der Waals surface area contributed by atoms with E-state index in [0.717, 1.165) is 0 Å². The summed E-state index contributed by atoms with van der Waals surface area (Å²) in [6.45, 7) is 6.78. The van der Waals surface area contributed by atoms with Crippen molar-refractivity contribution in [1.29, 1.82) is 5.26 Å². The van der Waals surface area contributed by atoms with Crippen LogP contribution in [0.5, 0.6) is 11.5 Å². The van der Waals surface area contributed by atoms with E-state index < -0.39 is 0 Å². The zero-order chi connectivity index (χ0) is 16.7. The molecule has 0 N–H and O–H groups in total. The largest absolute Gasteiger partial charge is 0.490 e. The van der Waals surface area contributed by atoms with E-state index in [1.165, 1.54) is 0 Å². The normalized spacial score (nSPS) is 11.7. The van der Waals surface area contributed by atoms with Gasteiger partial charge in [0.25, 0.3) is 5.89 Å². The molecular weight excluding hydrogens is 298 g/mol. The summed E-state index contributed by atoms with van der Waals surface area (Å²) in [6.07, 6.45) is -0.230. The fourth-order valence-electron chi connectivity index (χ4n) is 1.92. The molecule has 0 saturated carbocycles. The minimum atomic E-state index is -0.230. The molecule has 1 unspecified atom stereocenters. The summed E-state index contributed by atoms with van der Waals surface area (Å²) in [7, 11) is 0. The number of ether oxygens (including phenoxy) is 3. The monoisotopic (exact) mass is 317 g/mol. The summed E-state index contributed by atoms with van der Waals surface area (Å²) in [6, 6.07) is 7.04. The highest BCUT2D eigenvalue weighted by atomic mass is 16.5. The molecule has 122 valence electrons. The fraction of sp³-hybridized carbons (Fsp3) is 0.438. The maximum atomic E-state index is 8.94. The molecular formula is C16H19N3O4. The first-order valence-corrected chi connectivity index (χ1v) is 7.41. The van der Waals surface area contributed by atoms with Crippen molar-refractivity contribution in [3.8, 4) is 17.6 Å². The molecule has 0 radical (unpaired) electrons. The van der Waals surface area contributed by atoms with Crippen molar-refractivity contribution in [2.45, 2.75) is 33.5 Å². The van der Waals surface area contributed by atoms with Crippen LogP contribution in [0.1, 0.15) is 44.2 Å². The molecule has 7 nitrogen and oxygen atoms in total. The van der Waals surface area contributed by atoms with Gasteiger partial charge >= 0.3 is 0 Å². The SMILES string of the molecule is CCOc1cc(C#N)ccc1OCc1nc(C(C)OCC)no1. The molecule has 0 fully saturated rings. The summed E-state index contributed by atoms with van der Waals surface area (Å²) in [5, 5.41) is 12.8. The molecule has 0 spiro atoms. The molecule has 0 aliphatic heterocycles. The zero-order valence-electron chi connectivity index (χ0n) is 13.4. The van der Waals surface area contributed by atoms with E-state index in [-0.39, 0.29) is 12.7 Å². The molecule has 1 heterocycles. The Morgan fingerprint density at radius 1 is 1.22 bits per heavy atom. The molecule has 0 aliphatic carbocycles. The standard InChI is InChI=1S/C16H19N3O4/c1-4-20-11(3)16-18-15(23-19-16)10-22-13-7-6-12(9-17)8-14(13)21-5-2/h6-8,11H,4-5,10H2,1-3H3. The van der Waals surface area contributed by atoms with Crippen molar-refractivity contribution >= 4 is 0 Å². The molecule has 2 rings (SSSR count). The molecule has 0 bridgehead atoms. The Kier molecular flexibility index (Phi) is 5.94. The van der Waals surface area contributed by atoms with Gasteiger partial charge in [-0.3, -0.25) is 0 Å². The molecule has 2 aromatic rings. The molecule has 0 saturated heterocycles. The third-order valence-corrected chi connectivity index (χ3v) is 2.99. The Bertz CT molecular complexity index is 678. The quantitative estimate of drug-likeness (QED) is 0.739. The minimum absolute atomic E-state index is 0.109. The predicted octanol–water partition coefficient (Wildman–Crippen LogP) is 3.02. The first-order chi connectivity index (χ1) is 11.2. The summed E-state index contributed by atoms with van der Waals surface area (Å²) in [5.41, 5.74) is 0.506. The van der Waals surface area contributed by atoms with Crippen LogP contribution in [0.3, 0.4) is 0 Å². The van der Waals surface area contributed by atoms with Gasteiger partial charge < -0.3 is 18.7 Å². The van der Waals surface area contributed by atoms with E-state index in [1.807, 2.05) is 20.8 Å². The van der Waals surface area contributed by atoms with Crippen LogP contribution in [0.15, 0.2) is 22.7 Å². The van der Waals surface area contributed by atoms with Crippen molar-refractivity contribution in [1.82, 2.24) is 10.1 Å². The lowest BCUT2D eigenvalue weighted by Crippen LogP contribution is -2.03. The Labute approximate surface area is 134 Å². The van der Waals surface area contributed by atoms with Crippen molar-refractivity contribution in [3.63, 3.8) is 0 Å². The highest BCUT2D eigenvalue weighted by Gasteiger charge is 2.15. The lowest BCUT2D eigenvalue weighted by atomic mass is 10.2. The first-order valence-electron chi connectivity index (χ1n) is 7.41. The Balaban J connectivity index is 2.04. The number of benzene rings is 1. The van der Waals surface area contributed by atoms with Crippen molar-refractivity contribution < 1.29 is 18.7 Å². The summed E-state index contributed by atoms with van der Waals surface area (Å²) in [4.78, 5) is 4.23. The van der Waals surface area contributed by atoms with Crippen LogP contribution >= 0.6 is 0 Å². The highest BCUT2D eigenvalue weighted by Crippen LogP contribution is 2.29. The summed E-state index contributed by atoms with van der Waals surface area (Å²) >= 11 is 0. The van der Waals surface area contributed by atoms with Crippen LogP contribution in [-0.2, 0) is 11.3 Å². The van der Waals surface area contributed by atoms with Gasteiger partial charge in [0.15, 0.2) is 23.9 Å². The second-order valence-electron chi connectivity index (χ2n) is 4.64. The third-order valence-electron chi connectivity index (χ3n) is 2.99. The zero-order valence-corrected chi connectivity index (χ0v) is 13.4. The second-order valence-corrected chi connectivity index (χ2v) is 4.64. The number of nitriles is 1. The van der Waals surface area contributed by atoms with E-state index in [4.69, 9.17) is 24.0 Å². The van der Waals surface area contributed by atoms with E-state index in [2.05, 4.69) is 16.2 Å². The number of rotatable bonds is 8. The average Bonchev–Trinajstić information content (AvgIpc) is 3.03. The van der Waals surface area contributed by atoms with Gasteiger partial charge in [-0.1, -0.05) is 5.16 Å². The van der Waals surface area contributed by atoms with Gasteiger partial charge in [0.05, 0.1) is 18.2 Å². The van der Waals surface area contributed by atoms with Gasteiger partial charge in [-0.15, -0.1) is 0 Å². The van der Waals surface area contributed by atoms with Gasteiger partial charge in [0.2, 0.25) is 0 Å². The molecule has 7 heteroatoms.